The zero-order valence-electron chi connectivity index (χ0n) is 7.91. The molecule has 0 atom stereocenters. The predicted octanol–water partition coefficient (Wildman–Crippen LogP) is 0.619. The van der Waals surface area contributed by atoms with E-state index in [1.807, 2.05) is 0 Å². The van der Waals surface area contributed by atoms with Crippen LogP contribution in [0.1, 0.15) is 16.1 Å². The SMILES string of the molecule is Cc1occc1C(=O)N(C)CCN. The van der Waals surface area contributed by atoms with Gasteiger partial charge >= 0.3 is 0 Å². The molecule has 1 heterocycles. The third-order valence-corrected chi connectivity index (χ3v) is 1.90. The van der Waals surface area contributed by atoms with Crippen LogP contribution in [0.4, 0.5) is 0 Å². The van der Waals surface area contributed by atoms with Crippen molar-refractivity contribution in [2.45, 2.75) is 6.92 Å². The molecule has 0 aliphatic rings. The quantitative estimate of drug-likeness (QED) is 0.745. The molecule has 72 valence electrons. The van der Waals surface area contributed by atoms with Gasteiger partial charge in [-0.05, 0) is 13.0 Å². The minimum absolute atomic E-state index is 0.0447. The Hall–Kier alpha value is -1.29. The van der Waals surface area contributed by atoms with Crippen molar-refractivity contribution in [1.29, 1.82) is 0 Å². The number of nitrogens with two attached hydrogens (primary N) is 1. The second-order valence-corrected chi connectivity index (χ2v) is 2.91. The molecule has 0 fully saturated rings. The van der Waals surface area contributed by atoms with Crippen molar-refractivity contribution in [3.63, 3.8) is 0 Å². The van der Waals surface area contributed by atoms with Crippen molar-refractivity contribution in [1.82, 2.24) is 4.90 Å². The van der Waals surface area contributed by atoms with Crippen LogP contribution in [0.15, 0.2) is 16.7 Å². The van der Waals surface area contributed by atoms with E-state index in [1.165, 1.54) is 6.26 Å². The summed E-state index contributed by atoms with van der Waals surface area (Å²) in [7, 11) is 1.72. The molecule has 1 aromatic heterocycles. The molecule has 0 saturated carbocycles. The third kappa shape index (κ3) is 2.09. The standard InChI is InChI=1S/C9H14N2O2/c1-7-8(3-6-13-7)9(12)11(2)5-4-10/h3,6H,4-5,10H2,1-2H3. The zero-order valence-corrected chi connectivity index (χ0v) is 7.91. The lowest BCUT2D eigenvalue weighted by Crippen LogP contribution is -2.31. The number of carbonyl (C=O) groups is 1. The van der Waals surface area contributed by atoms with E-state index in [0.717, 1.165) is 0 Å². The topological polar surface area (TPSA) is 59.5 Å². The first-order chi connectivity index (χ1) is 6.16. The largest absolute Gasteiger partial charge is 0.469 e. The van der Waals surface area contributed by atoms with Gasteiger partial charge in [-0.2, -0.15) is 0 Å². The van der Waals surface area contributed by atoms with Crippen molar-refractivity contribution < 1.29 is 9.21 Å². The van der Waals surface area contributed by atoms with Crippen LogP contribution in [0.5, 0.6) is 0 Å². The Morgan fingerprint density at radius 1 is 1.69 bits per heavy atom. The van der Waals surface area contributed by atoms with Gasteiger partial charge in [0.1, 0.15) is 5.76 Å². The molecule has 1 aromatic rings. The van der Waals surface area contributed by atoms with Gasteiger partial charge in [0.2, 0.25) is 0 Å². The van der Waals surface area contributed by atoms with E-state index < -0.39 is 0 Å². The minimum Gasteiger partial charge on any atom is -0.469 e. The second kappa shape index (κ2) is 4.09. The fraction of sp³-hybridized carbons (Fsp3) is 0.444. The summed E-state index contributed by atoms with van der Waals surface area (Å²) in [5, 5.41) is 0. The van der Waals surface area contributed by atoms with Gasteiger partial charge in [0, 0.05) is 20.1 Å². The van der Waals surface area contributed by atoms with Gasteiger partial charge in [-0.1, -0.05) is 0 Å². The number of furan rings is 1. The normalized spacial score (nSPS) is 10.1. The maximum atomic E-state index is 11.6. The highest BCUT2D eigenvalue weighted by Crippen LogP contribution is 2.10. The van der Waals surface area contributed by atoms with Gasteiger partial charge in [-0.3, -0.25) is 4.79 Å². The first kappa shape index (κ1) is 9.80. The van der Waals surface area contributed by atoms with Crippen molar-refractivity contribution >= 4 is 5.91 Å². The number of amides is 1. The third-order valence-electron chi connectivity index (χ3n) is 1.90. The summed E-state index contributed by atoms with van der Waals surface area (Å²) in [5.41, 5.74) is 5.95. The summed E-state index contributed by atoms with van der Waals surface area (Å²) < 4.78 is 5.04. The van der Waals surface area contributed by atoms with Crippen LogP contribution >= 0.6 is 0 Å². The Morgan fingerprint density at radius 2 is 2.38 bits per heavy atom. The van der Waals surface area contributed by atoms with Crippen LogP contribution in [0.25, 0.3) is 0 Å². The fourth-order valence-electron chi connectivity index (χ4n) is 1.11. The van der Waals surface area contributed by atoms with E-state index in [9.17, 15) is 4.79 Å². The van der Waals surface area contributed by atoms with Gasteiger partial charge < -0.3 is 15.1 Å². The zero-order chi connectivity index (χ0) is 9.84. The Morgan fingerprint density at radius 3 is 2.85 bits per heavy atom. The maximum absolute atomic E-state index is 11.6. The molecule has 0 spiro atoms. The number of hydrogen-bond donors (Lipinski definition) is 1. The Labute approximate surface area is 77.3 Å². The first-order valence-electron chi connectivity index (χ1n) is 4.16. The molecule has 2 N–H and O–H groups in total. The van der Waals surface area contributed by atoms with Gasteiger partial charge in [-0.25, -0.2) is 0 Å². The molecule has 13 heavy (non-hydrogen) atoms. The number of carbonyl (C=O) groups excluding carboxylic acids is 1. The Balaban J connectivity index is 2.73. The highest BCUT2D eigenvalue weighted by molar-refractivity contribution is 5.94. The van der Waals surface area contributed by atoms with E-state index in [0.29, 0.717) is 24.4 Å². The highest BCUT2D eigenvalue weighted by Gasteiger charge is 2.14. The van der Waals surface area contributed by atoms with E-state index in [1.54, 1.807) is 24.9 Å². The molecule has 0 aliphatic carbocycles. The van der Waals surface area contributed by atoms with Crippen molar-refractivity contribution in [3.05, 3.63) is 23.7 Å². The van der Waals surface area contributed by atoms with E-state index in [4.69, 9.17) is 10.2 Å². The number of nitrogens with zero attached hydrogens (tertiary/aromatic N) is 1. The lowest BCUT2D eigenvalue weighted by Gasteiger charge is -2.14. The summed E-state index contributed by atoms with van der Waals surface area (Å²) in [4.78, 5) is 13.2. The maximum Gasteiger partial charge on any atom is 0.257 e. The van der Waals surface area contributed by atoms with E-state index in [2.05, 4.69) is 0 Å². The predicted molar refractivity (Wildman–Crippen MR) is 49.5 cm³/mol. The molecular weight excluding hydrogens is 168 g/mol. The van der Waals surface area contributed by atoms with Crippen LogP contribution in [-0.2, 0) is 0 Å². The number of rotatable bonds is 3. The molecule has 4 heteroatoms. The van der Waals surface area contributed by atoms with Crippen molar-refractivity contribution in [2.75, 3.05) is 20.1 Å². The van der Waals surface area contributed by atoms with Gasteiger partial charge in [0.05, 0.1) is 11.8 Å². The monoisotopic (exact) mass is 182 g/mol. The molecule has 0 saturated heterocycles. The van der Waals surface area contributed by atoms with Crippen molar-refractivity contribution in [3.8, 4) is 0 Å². The summed E-state index contributed by atoms with van der Waals surface area (Å²) >= 11 is 0. The van der Waals surface area contributed by atoms with Gasteiger partial charge in [0.25, 0.3) is 5.91 Å². The molecule has 0 radical (unpaired) electrons. The lowest BCUT2D eigenvalue weighted by molar-refractivity contribution is 0.0797. The second-order valence-electron chi connectivity index (χ2n) is 2.91. The molecule has 0 aliphatic heterocycles. The fourth-order valence-corrected chi connectivity index (χ4v) is 1.11. The summed E-state index contributed by atoms with van der Waals surface area (Å²) in [6.07, 6.45) is 1.51. The molecule has 0 unspecified atom stereocenters. The smallest absolute Gasteiger partial charge is 0.257 e. The van der Waals surface area contributed by atoms with Gasteiger partial charge in [0.15, 0.2) is 0 Å². The molecule has 1 amide bonds. The van der Waals surface area contributed by atoms with Crippen LogP contribution in [-0.4, -0.2) is 30.9 Å². The summed E-state index contributed by atoms with van der Waals surface area (Å²) in [6, 6.07) is 1.67. The lowest BCUT2D eigenvalue weighted by atomic mass is 10.2. The van der Waals surface area contributed by atoms with Crippen LogP contribution < -0.4 is 5.73 Å². The highest BCUT2D eigenvalue weighted by atomic mass is 16.3. The molecule has 1 rings (SSSR count). The molecule has 0 bridgehead atoms. The van der Waals surface area contributed by atoms with Crippen LogP contribution in [0.3, 0.4) is 0 Å². The molecule has 0 aromatic carbocycles. The van der Waals surface area contributed by atoms with Crippen LogP contribution in [0, 0.1) is 6.92 Å². The van der Waals surface area contributed by atoms with E-state index >= 15 is 0 Å². The van der Waals surface area contributed by atoms with Crippen LogP contribution in [0.2, 0.25) is 0 Å². The molecular formula is C9H14N2O2. The van der Waals surface area contributed by atoms with Gasteiger partial charge in [-0.15, -0.1) is 0 Å². The Bertz CT molecular complexity index is 294. The minimum atomic E-state index is -0.0447. The average molecular weight is 182 g/mol. The van der Waals surface area contributed by atoms with Crippen molar-refractivity contribution in [2.24, 2.45) is 5.73 Å². The first-order valence-corrected chi connectivity index (χ1v) is 4.16. The summed E-state index contributed by atoms with van der Waals surface area (Å²) in [6.45, 7) is 2.80. The number of aryl methyl sites for hydroxylation is 1. The molecule has 4 nitrogen and oxygen atoms in total. The number of hydrogen-bond acceptors (Lipinski definition) is 3. The van der Waals surface area contributed by atoms with E-state index in [-0.39, 0.29) is 5.91 Å². The summed E-state index contributed by atoms with van der Waals surface area (Å²) in [5.74, 6) is 0.602. The number of likely N-dealkylation sites (N-methyl/N-ethyl adjacent to an activating group) is 1. The Kier molecular flexibility index (Phi) is 3.08. The average Bonchev–Trinajstić information content (AvgIpc) is 2.50.